The lowest BCUT2D eigenvalue weighted by Gasteiger charge is -2.14. The summed E-state index contributed by atoms with van der Waals surface area (Å²) in [5.74, 6) is 0.604. The van der Waals surface area contributed by atoms with E-state index in [1.807, 2.05) is 36.4 Å². The average molecular weight is 575 g/mol. The van der Waals surface area contributed by atoms with E-state index in [0.29, 0.717) is 40.7 Å². The summed E-state index contributed by atoms with van der Waals surface area (Å²) in [5.41, 5.74) is 11.6. The van der Waals surface area contributed by atoms with Gasteiger partial charge in [0.25, 0.3) is 5.91 Å². The number of nitriles is 1. The first kappa shape index (κ1) is 29.0. The molecule has 1 fully saturated rings. The third-order valence-corrected chi connectivity index (χ3v) is 6.71. The molecular formula is C32H30N8O3. The quantitative estimate of drug-likeness (QED) is 0.173. The topological polar surface area (TPSA) is 158 Å². The van der Waals surface area contributed by atoms with Crippen LogP contribution in [0.15, 0.2) is 90.2 Å². The zero-order valence-electron chi connectivity index (χ0n) is 23.5. The zero-order valence-corrected chi connectivity index (χ0v) is 23.5. The molecule has 1 aliphatic rings. The normalized spacial score (nSPS) is 13.4. The Morgan fingerprint density at radius 1 is 1.09 bits per heavy atom. The highest BCUT2D eigenvalue weighted by Gasteiger charge is 2.33. The number of ether oxygens (including phenoxy) is 2. The number of para-hydroxylation sites is 1. The van der Waals surface area contributed by atoms with Crippen molar-refractivity contribution in [2.75, 3.05) is 19.0 Å². The number of carbonyl (C=O) groups excluding carboxylic acids is 1. The number of pyridine rings is 1. The second-order valence-corrected chi connectivity index (χ2v) is 9.87. The first-order valence-corrected chi connectivity index (χ1v) is 13.7. The number of rotatable bonds is 13. The van der Waals surface area contributed by atoms with Gasteiger partial charge in [-0.2, -0.15) is 10.4 Å². The second kappa shape index (κ2) is 13.9. The molecular weight excluding hydrogens is 544 g/mol. The number of aromatic nitrogens is 3. The van der Waals surface area contributed by atoms with Crippen LogP contribution in [-0.4, -0.2) is 34.6 Å². The predicted octanol–water partition coefficient (Wildman–Crippen LogP) is 5.64. The Morgan fingerprint density at radius 2 is 1.91 bits per heavy atom. The minimum absolute atomic E-state index is 0.00567. The standard InChI is InChI=1S/C32H30N8O3/c1-42-31(22-13-14-22)26-12-6-9-24(36-26)18-35-19-29(40-34)28-16-27(23-8-5-7-21(15-23)17-33)37-32(38-28)39-30(41)20-43-25-10-3-2-4-11-25/h2-12,15-16,19,22,31,34-35H,13-14,18,20H2,1H3,(H,37,38,39,41)/b29-19-,40-34?. The summed E-state index contributed by atoms with van der Waals surface area (Å²) in [6, 6.07) is 25.5. The Bertz CT molecular complexity index is 1660. The van der Waals surface area contributed by atoms with E-state index >= 15 is 0 Å². The largest absolute Gasteiger partial charge is 0.484 e. The van der Waals surface area contributed by atoms with Gasteiger partial charge in [0.2, 0.25) is 5.95 Å². The van der Waals surface area contributed by atoms with Crippen molar-refractivity contribution in [3.05, 3.63) is 108 Å². The van der Waals surface area contributed by atoms with Crippen LogP contribution in [0.4, 0.5) is 5.95 Å². The van der Waals surface area contributed by atoms with Gasteiger partial charge in [-0.25, -0.2) is 15.5 Å². The molecule has 0 saturated heterocycles. The highest BCUT2D eigenvalue weighted by Crippen LogP contribution is 2.42. The van der Waals surface area contributed by atoms with Gasteiger partial charge in [-0.05, 0) is 61.2 Å². The molecule has 1 aliphatic carbocycles. The first-order valence-electron chi connectivity index (χ1n) is 13.7. The van der Waals surface area contributed by atoms with E-state index in [2.05, 4.69) is 31.8 Å². The molecule has 43 heavy (non-hydrogen) atoms. The van der Waals surface area contributed by atoms with Crippen LogP contribution in [0.25, 0.3) is 17.0 Å². The van der Waals surface area contributed by atoms with E-state index in [-0.39, 0.29) is 24.4 Å². The molecule has 1 amide bonds. The first-order chi connectivity index (χ1) is 21.1. The predicted molar refractivity (Wildman–Crippen MR) is 159 cm³/mol. The number of nitrogens with one attached hydrogen (secondary N) is 3. The molecule has 216 valence electrons. The van der Waals surface area contributed by atoms with Crippen molar-refractivity contribution in [3.63, 3.8) is 0 Å². The van der Waals surface area contributed by atoms with Crippen molar-refractivity contribution in [3.8, 4) is 23.1 Å². The number of carbonyl (C=O) groups is 1. The smallest absolute Gasteiger partial charge is 0.264 e. The number of methoxy groups -OCH3 is 1. The van der Waals surface area contributed by atoms with Crippen molar-refractivity contribution in [2.24, 2.45) is 11.0 Å². The van der Waals surface area contributed by atoms with Gasteiger partial charge in [0.1, 0.15) is 17.6 Å². The Labute approximate surface area is 249 Å². The SMILES string of the molecule is COC(c1cccc(CN/C=C(\N=N)c2cc(-c3cccc(C#N)c3)nc(NC(=O)COc3ccccc3)n2)n1)C1CC1. The van der Waals surface area contributed by atoms with Gasteiger partial charge in [0, 0.05) is 18.9 Å². The number of hydrogen-bond donors (Lipinski definition) is 3. The maximum absolute atomic E-state index is 12.7. The molecule has 0 aliphatic heterocycles. The molecule has 0 bridgehead atoms. The lowest BCUT2D eigenvalue weighted by molar-refractivity contribution is -0.118. The van der Waals surface area contributed by atoms with Crippen LogP contribution >= 0.6 is 0 Å². The van der Waals surface area contributed by atoms with Crippen molar-refractivity contribution in [2.45, 2.75) is 25.5 Å². The molecule has 1 saturated carbocycles. The minimum Gasteiger partial charge on any atom is -0.484 e. The number of amides is 1. The zero-order chi connectivity index (χ0) is 30.0. The summed E-state index contributed by atoms with van der Waals surface area (Å²) in [6.07, 6.45) is 3.84. The average Bonchev–Trinajstić information content (AvgIpc) is 3.88. The van der Waals surface area contributed by atoms with E-state index in [1.165, 1.54) is 0 Å². The van der Waals surface area contributed by atoms with Crippen LogP contribution in [0.3, 0.4) is 0 Å². The summed E-state index contributed by atoms with van der Waals surface area (Å²) >= 11 is 0. The summed E-state index contributed by atoms with van der Waals surface area (Å²) in [4.78, 5) is 26.4. The third kappa shape index (κ3) is 7.84. The van der Waals surface area contributed by atoms with Crippen LogP contribution in [0.5, 0.6) is 5.75 Å². The van der Waals surface area contributed by atoms with Gasteiger partial charge in [-0.3, -0.25) is 15.1 Å². The van der Waals surface area contributed by atoms with Gasteiger partial charge in [0.05, 0.1) is 41.0 Å². The van der Waals surface area contributed by atoms with E-state index in [0.717, 1.165) is 24.2 Å². The molecule has 5 rings (SSSR count). The van der Waals surface area contributed by atoms with Crippen LogP contribution in [0.2, 0.25) is 0 Å². The maximum Gasteiger partial charge on any atom is 0.264 e. The van der Waals surface area contributed by atoms with E-state index in [4.69, 9.17) is 20.0 Å². The molecule has 0 spiro atoms. The van der Waals surface area contributed by atoms with Gasteiger partial charge in [-0.1, -0.05) is 36.4 Å². The number of benzene rings is 2. The molecule has 11 heteroatoms. The lowest BCUT2D eigenvalue weighted by atomic mass is 10.1. The van der Waals surface area contributed by atoms with Crippen LogP contribution in [0.1, 0.15) is 41.6 Å². The van der Waals surface area contributed by atoms with Crippen molar-refractivity contribution in [1.29, 1.82) is 10.8 Å². The minimum atomic E-state index is -0.462. The molecule has 2 heterocycles. The summed E-state index contributed by atoms with van der Waals surface area (Å²) < 4.78 is 11.2. The summed E-state index contributed by atoms with van der Waals surface area (Å²) in [7, 11) is 1.71. The lowest BCUT2D eigenvalue weighted by Crippen LogP contribution is -2.22. The molecule has 4 aromatic rings. The van der Waals surface area contributed by atoms with Crippen LogP contribution in [-0.2, 0) is 16.1 Å². The molecule has 3 N–H and O–H groups in total. The molecule has 2 aromatic carbocycles. The highest BCUT2D eigenvalue weighted by molar-refractivity contribution is 5.90. The summed E-state index contributed by atoms with van der Waals surface area (Å²) in [5, 5.41) is 18.9. The highest BCUT2D eigenvalue weighted by atomic mass is 16.5. The molecule has 2 aromatic heterocycles. The van der Waals surface area contributed by atoms with Crippen molar-refractivity contribution < 1.29 is 14.3 Å². The Balaban J connectivity index is 1.36. The van der Waals surface area contributed by atoms with Crippen LogP contribution in [0, 0.1) is 22.8 Å². The molecule has 11 nitrogen and oxygen atoms in total. The van der Waals surface area contributed by atoms with Crippen molar-refractivity contribution >= 4 is 17.6 Å². The van der Waals surface area contributed by atoms with Gasteiger partial charge < -0.3 is 14.8 Å². The van der Waals surface area contributed by atoms with Gasteiger partial charge in [-0.15, -0.1) is 0 Å². The maximum atomic E-state index is 12.7. The van der Waals surface area contributed by atoms with E-state index < -0.39 is 5.91 Å². The second-order valence-electron chi connectivity index (χ2n) is 9.87. The van der Waals surface area contributed by atoms with Gasteiger partial charge >= 0.3 is 0 Å². The van der Waals surface area contributed by atoms with E-state index in [1.54, 1.807) is 55.8 Å². The van der Waals surface area contributed by atoms with Crippen LogP contribution < -0.4 is 15.4 Å². The van der Waals surface area contributed by atoms with E-state index in [9.17, 15) is 10.1 Å². The Kier molecular flexibility index (Phi) is 9.41. The third-order valence-electron chi connectivity index (χ3n) is 6.71. The fourth-order valence-corrected chi connectivity index (χ4v) is 4.48. The fraction of sp³-hybridized carbons (Fsp3) is 0.219. The molecule has 0 radical (unpaired) electrons. The monoisotopic (exact) mass is 574 g/mol. The van der Waals surface area contributed by atoms with Crippen molar-refractivity contribution in [1.82, 2.24) is 20.3 Å². The Morgan fingerprint density at radius 3 is 2.65 bits per heavy atom. The van der Waals surface area contributed by atoms with Gasteiger partial charge in [0.15, 0.2) is 6.61 Å². The molecule has 1 unspecified atom stereocenters. The number of hydrogen-bond acceptors (Lipinski definition) is 10. The number of nitrogens with zero attached hydrogens (tertiary/aromatic N) is 5. The fourth-order valence-electron chi connectivity index (χ4n) is 4.48. The number of anilines is 1. The summed E-state index contributed by atoms with van der Waals surface area (Å²) in [6.45, 7) is 0.136. The Hall–Kier alpha value is -5.47. The molecule has 1 atom stereocenters.